The van der Waals surface area contributed by atoms with Crippen LogP contribution < -0.4 is 10.6 Å². The first-order valence-electron chi connectivity index (χ1n) is 7.18. The molecule has 1 amide bonds. The highest BCUT2D eigenvalue weighted by Gasteiger charge is 2.21. The molecular weight excluding hydrogens is 238 g/mol. The molecule has 1 saturated carbocycles. The van der Waals surface area contributed by atoms with Gasteiger partial charge < -0.3 is 15.2 Å². The fraction of sp³-hybridized carbons (Fsp3) is 0.667. The van der Waals surface area contributed by atoms with Crippen LogP contribution in [0.25, 0.3) is 0 Å². The van der Waals surface area contributed by atoms with Crippen molar-refractivity contribution in [3.63, 3.8) is 0 Å². The Morgan fingerprint density at radius 3 is 2.84 bits per heavy atom. The Morgan fingerprint density at radius 2 is 2.21 bits per heavy atom. The molecule has 0 spiro atoms. The van der Waals surface area contributed by atoms with Gasteiger partial charge >= 0.3 is 0 Å². The van der Waals surface area contributed by atoms with Gasteiger partial charge in [0.15, 0.2) is 0 Å². The highest BCUT2D eigenvalue weighted by atomic mass is 16.2. The Bertz CT molecular complexity index is 432. The van der Waals surface area contributed by atoms with E-state index in [4.69, 9.17) is 0 Å². The Balaban J connectivity index is 1.87. The van der Waals surface area contributed by atoms with Gasteiger partial charge in [0.1, 0.15) is 6.54 Å². The first-order valence-corrected chi connectivity index (χ1v) is 7.18. The van der Waals surface area contributed by atoms with E-state index in [1.807, 2.05) is 16.8 Å². The third kappa shape index (κ3) is 4.39. The van der Waals surface area contributed by atoms with E-state index >= 15 is 0 Å². The monoisotopic (exact) mass is 263 g/mol. The van der Waals surface area contributed by atoms with Crippen molar-refractivity contribution in [2.24, 2.45) is 0 Å². The van der Waals surface area contributed by atoms with E-state index in [1.165, 1.54) is 18.5 Å². The van der Waals surface area contributed by atoms with Crippen LogP contribution >= 0.6 is 0 Å². The second-order valence-corrected chi connectivity index (χ2v) is 6.07. The molecule has 0 atom stereocenters. The maximum Gasteiger partial charge on any atom is 0.240 e. The fourth-order valence-electron chi connectivity index (χ4n) is 1.96. The van der Waals surface area contributed by atoms with Crippen molar-refractivity contribution < 1.29 is 4.79 Å². The predicted octanol–water partition coefficient (Wildman–Crippen LogP) is 2.04. The molecule has 0 radical (unpaired) electrons. The highest BCUT2D eigenvalue weighted by Crippen LogP contribution is 2.19. The van der Waals surface area contributed by atoms with Gasteiger partial charge in [0.05, 0.1) is 0 Å². The summed E-state index contributed by atoms with van der Waals surface area (Å²) in [6.45, 7) is 7.44. The van der Waals surface area contributed by atoms with Crippen molar-refractivity contribution in [2.75, 3.05) is 0 Å². The summed E-state index contributed by atoms with van der Waals surface area (Å²) in [4.78, 5) is 12.0. The molecule has 1 aliphatic carbocycles. The van der Waals surface area contributed by atoms with Crippen molar-refractivity contribution in [2.45, 2.75) is 64.7 Å². The van der Waals surface area contributed by atoms with Crippen molar-refractivity contribution in [1.82, 2.24) is 15.2 Å². The summed E-state index contributed by atoms with van der Waals surface area (Å²) in [5, 5.41) is 6.55. The number of carbonyl (C=O) groups is 1. The Hall–Kier alpha value is -1.29. The number of nitrogens with zero attached hydrogens (tertiary/aromatic N) is 1. The summed E-state index contributed by atoms with van der Waals surface area (Å²) in [5.41, 5.74) is 1.05. The molecule has 0 aliphatic heterocycles. The van der Waals surface area contributed by atoms with E-state index in [2.05, 4.69) is 37.5 Å². The Morgan fingerprint density at radius 1 is 1.47 bits per heavy atom. The zero-order chi connectivity index (χ0) is 13.9. The standard InChI is InChI=1S/C15H25N3O/c1-4-15(2,3)17-14(19)11-18-9-5-6-13(18)10-16-12-7-8-12/h5-6,9,12,16H,4,7-8,10-11H2,1-3H3,(H,17,19). The van der Waals surface area contributed by atoms with E-state index in [1.54, 1.807) is 0 Å². The van der Waals surface area contributed by atoms with E-state index < -0.39 is 0 Å². The molecule has 0 bridgehead atoms. The second kappa shape index (κ2) is 5.78. The van der Waals surface area contributed by atoms with Gasteiger partial charge in [0, 0.05) is 30.0 Å². The molecule has 1 aromatic heterocycles. The molecule has 4 nitrogen and oxygen atoms in total. The van der Waals surface area contributed by atoms with Gasteiger partial charge in [-0.1, -0.05) is 6.92 Å². The van der Waals surface area contributed by atoms with Gasteiger partial charge in [-0.3, -0.25) is 4.79 Å². The third-order valence-electron chi connectivity index (χ3n) is 3.75. The number of nitrogens with one attached hydrogen (secondary N) is 2. The number of rotatable bonds is 7. The van der Waals surface area contributed by atoms with Crippen LogP contribution in [0, 0.1) is 0 Å². The Kier molecular flexibility index (Phi) is 4.30. The summed E-state index contributed by atoms with van der Waals surface area (Å²) in [7, 11) is 0. The summed E-state index contributed by atoms with van der Waals surface area (Å²) in [5.74, 6) is 0.0794. The van der Waals surface area contributed by atoms with Gasteiger partial charge in [-0.15, -0.1) is 0 Å². The van der Waals surface area contributed by atoms with Gasteiger partial charge in [-0.2, -0.15) is 0 Å². The molecule has 2 rings (SSSR count). The summed E-state index contributed by atoms with van der Waals surface area (Å²) < 4.78 is 2.02. The second-order valence-electron chi connectivity index (χ2n) is 6.07. The van der Waals surface area contributed by atoms with E-state index in [0.29, 0.717) is 12.6 Å². The average Bonchev–Trinajstić information content (AvgIpc) is 3.07. The summed E-state index contributed by atoms with van der Waals surface area (Å²) in [6.07, 6.45) is 5.47. The normalized spacial score (nSPS) is 15.5. The number of hydrogen-bond donors (Lipinski definition) is 2. The lowest BCUT2D eigenvalue weighted by Crippen LogP contribution is -2.44. The maximum atomic E-state index is 12.0. The van der Waals surface area contributed by atoms with Crippen LogP contribution in [0.2, 0.25) is 0 Å². The number of aromatic nitrogens is 1. The lowest BCUT2D eigenvalue weighted by molar-refractivity contribution is -0.123. The smallest absolute Gasteiger partial charge is 0.240 e. The fourth-order valence-corrected chi connectivity index (χ4v) is 1.96. The number of hydrogen-bond acceptors (Lipinski definition) is 2. The van der Waals surface area contributed by atoms with Crippen LogP contribution in [0.4, 0.5) is 0 Å². The van der Waals surface area contributed by atoms with Gasteiger partial charge in [-0.05, 0) is 45.2 Å². The zero-order valence-electron chi connectivity index (χ0n) is 12.2. The molecular formula is C15H25N3O. The molecule has 1 fully saturated rings. The minimum absolute atomic E-state index is 0.0794. The van der Waals surface area contributed by atoms with Gasteiger partial charge in [0.2, 0.25) is 5.91 Å². The van der Waals surface area contributed by atoms with Gasteiger partial charge in [-0.25, -0.2) is 0 Å². The topological polar surface area (TPSA) is 46.1 Å². The lowest BCUT2D eigenvalue weighted by atomic mass is 10.0. The molecule has 0 aromatic carbocycles. The van der Waals surface area contributed by atoms with Gasteiger partial charge in [0.25, 0.3) is 0 Å². The quantitative estimate of drug-likeness (QED) is 0.791. The average molecular weight is 263 g/mol. The minimum atomic E-state index is -0.128. The van der Waals surface area contributed by atoms with Crippen LogP contribution in [0.1, 0.15) is 45.7 Å². The van der Waals surface area contributed by atoms with E-state index in [0.717, 1.165) is 13.0 Å². The summed E-state index contributed by atoms with van der Waals surface area (Å²) in [6, 6.07) is 4.77. The van der Waals surface area contributed by atoms with Crippen LogP contribution in [-0.4, -0.2) is 22.1 Å². The number of amides is 1. The minimum Gasteiger partial charge on any atom is -0.350 e. The first kappa shape index (κ1) is 14.1. The molecule has 1 aliphatic rings. The molecule has 4 heteroatoms. The SMILES string of the molecule is CCC(C)(C)NC(=O)Cn1cccc1CNC1CC1. The molecule has 106 valence electrons. The lowest BCUT2D eigenvalue weighted by Gasteiger charge is -2.24. The van der Waals surface area contributed by atoms with Crippen molar-refractivity contribution in [1.29, 1.82) is 0 Å². The van der Waals surface area contributed by atoms with Crippen molar-refractivity contribution >= 4 is 5.91 Å². The highest BCUT2D eigenvalue weighted by molar-refractivity contribution is 5.76. The van der Waals surface area contributed by atoms with E-state index in [9.17, 15) is 4.79 Å². The van der Waals surface area contributed by atoms with Crippen molar-refractivity contribution in [3.8, 4) is 0 Å². The number of carbonyl (C=O) groups excluding carboxylic acids is 1. The predicted molar refractivity (Wildman–Crippen MR) is 76.8 cm³/mol. The van der Waals surface area contributed by atoms with Crippen molar-refractivity contribution in [3.05, 3.63) is 24.0 Å². The molecule has 2 N–H and O–H groups in total. The molecule has 0 unspecified atom stereocenters. The molecule has 1 heterocycles. The maximum absolute atomic E-state index is 12.0. The summed E-state index contributed by atoms with van der Waals surface area (Å²) >= 11 is 0. The van der Waals surface area contributed by atoms with Crippen LogP contribution in [0.3, 0.4) is 0 Å². The molecule has 19 heavy (non-hydrogen) atoms. The van der Waals surface area contributed by atoms with Crippen LogP contribution in [0.15, 0.2) is 18.3 Å². The largest absolute Gasteiger partial charge is 0.350 e. The zero-order valence-corrected chi connectivity index (χ0v) is 12.2. The van der Waals surface area contributed by atoms with Crippen LogP contribution in [0.5, 0.6) is 0 Å². The van der Waals surface area contributed by atoms with E-state index in [-0.39, 0.29) is 11.4 Å². The molecule has 1 aromatic rings. The van der Waals surface area contributed by atoms with Crippen LogP contribution in [-0.2, 0) is 17.9 Å². The Labute approximate surface area is 115 Å². The molecule has 0 saturated heterocycles. The first-order chi connectivity index (χ1) is 9.00. The third-order valence-corrected chi connectivity index (χ3v) is 3.75.